The molecule has 1 aliphatic rings. The second-order valence-electron chi connectivity index (χ2n) is 4.60. The summed E-state index contributed by atoms with van der Waals surface area (Å²) >= 11 is 8.03. The first kappa shape index (κ1) is 14.4. The van der Waals surface area contributed by atoms with Gasteiger partial charge in [-0.1, -0.05) is 12.2 Å². The minimum atomic E-state index is -0.427. The Morgan fingerprint density at radius 3 is 2.58 bits per heavy atom. The van der Waals surface area contributed by atoms with Gasteiger partial charge in [0.25, 0.3) is 5.91 Å². The molecule has 0 saturated carbocycles. The zero-order chi connectivity index (χ0) is 14.0. The maximum atomic E-state index is 13.4. The van der Waals surface area contributed by atoms with Crippen molar-refractivity contribution >= 4 is 39.0 Å². The van der Waals surface area contributed by atoms with Crippen LogP contribution in [0, 0.1) is 11.7 Å². The summed E-state index contributed by atoms with van der Waals surface area (Å²) in [5.41, 5.74) is 5.98. The summed E-state index contributed by atoms with van der Waals surface area (Å²) < 4.78 is 13.8. The molecule has 0 spiro atoms. The predicted molar refractivity (Wildman–Crippen MR) is 79.5 cm³/mol. The van der Waals surface area contributed by atoms with E-state index in [1.807, 2.05) is 0 Å². The van der Waals surface area contributed by atoms with E-state index in [9.17, 15) is 9.18 Å². The van der Waals surface area contributed by atoms with Crippen LogP contribution in [0.5, 0.6) is 0 Å². The third-order valence-electron chi connectivity index (χ3n) is 3.35. The molecule has 3 nitrogen and oxygen atoms in total. The largest absolute Gasteiger partial charge is 0.393 e. The van der Waals surface area contributed by atoms with Gasteiger partial charge < -0.3 is 10.6 Å². The van der Waals surface area contributed by atoms with Gasteiger partial charge in [0.05, 0.1) is 9.46 Å². The number of hydrogen-bond acceptors (Lipinski definition) is 2. The van der Waals surface area contributed by atoms with Crippen LogP contribution in [0.2, 0.25) is 0 Å². The number of benzene rings is 1. The minimum absolute atomic E-state index is 0.146. The molecule has 1 aliphatic heterocycles. The lowest BCUT2D eigenvalue weighted by molar-refractivity contribution is 0.0710. The van der Waals surface area contributed by atoms with Gasteiger partial charge in [-0.3, -0.25) is 4.79 Å². The monoisotopic (exact) mass is 344 g/mol. The SMILES string of the molecule is NC(=S)C1CCN(C(=O)c2ccc(Br)c(F)c2)CC1. The van der Waals surface area contributed by atoms with Gasteiger partial charge in [0.15, 0.2) is 0 Å². The zero-order valence-corrected chi connectivity index (χ0v) is 12.6. The molecule has 0 atom stereocenters. The van der Waals surface area contributed by atoms with Crippen molar-refractivity contribution in [2.24, 2.45) is 11.7 Å². The number of halogens is 2. The number of nitrogens with two attached hydrogens (primary N) is 1. The fourth-order valence-corrected chi connectivity index (χ4v) is 2.66. The van der Waals surface area contributed by atoms with E-state index in [-0.39, 0.29) is 11.8 Å². The van der Waals surface area contributed by atoms with Crippen molar-refractivity contribution in [1.29, 1.82) is 0 Å². The van der Waals surface area contributed by atoms with E-state index >= 15 is 0 Å². The van der Waals surface area contributed by atoms with Crippen molar-refractivity contribution in [1.82, 2.24) is 4.90 Å². The van der Waals surface area contributed by atoms with Crippen LogP contribution in [-0.2, 0) is 0 Å². The lowest BCUT2D eigenvalue weighted by atomic mass is 9.96. The summed E-state index contributed by atoms with van der Waals surface area (Å²) in [6.07, 6.45) is 1.56. The van der Waals surface area contributed by atoms with E-state index < -0.39 is 5.82 Å². The summed E-state index contributed by atoms with van der Waals surface area (Å²) in [6, 6.07) is 4.42. The Labute approximate surface area is 125 Å². The van der Waals surface area contributed by atoms with Gasteiger partial charge in [0, 0.05) is 24.6 Å². The average molecular weight is 345 g/mol. The van der Waals surface area contributed by atoms with E-state index in [4.69, 9.17) is 18.0 Å². The zero-order valence-electron chi connectivity index (χ0n) is 10.2. The van der Waals surface area contributed by atoms with Crippen molar-refractivity contribution in [2.75, 3.05) is 13.1 Å². The highest BCUT2D eigenvalue weighted by atomic mass is 79.9. The van der Waals surface area contributed by atoms with Crippen LogP contribution in [0.4, 0.5) is 4.39 Å². The molecule has 6 heteroatoms. The number of amides is 1. The van der Waals surface area contributed by atoms with Crippen LogP contribution in [-0.4, -0.2) is 28.9 Å². The summed E-state index contributed by atoms with van der Waals surface area (Å²) in [7, 11) is 0. The predicted octanol–water partition coefficient (Wildman–Crippen LogP) is 2.73. The Morgan fingerprint density at radius 2 is 2.05 bits per heavy atom. The summed E-state index contributed by atoms with van der Waals surface area (Å²) in [6.45, 7) is 1.22. The number of thiocarbonyl (C=S) groups is 1. The molecule has 1 aromatic carbocycles. The molecule has 1 fully saturated rings. The first-order chi connectivity index (χ1) is 8.99. The number of carbonyl (C=O) groups is 1. The van der Waals surface area contributed by atoms with Crippen LogP contribution < -0.4 is 5.73 Å². The molecule has 0 radical (unpaired) electrons. The van der Waals surface area contributed by atoms with E-state index in [1.165, 1.54) is 6.07 Å². The maximum Gasteiger partial charge on any atom is 0.253 e. The standard InChI is InChI=1S/C13H14BrFN2OS/c14-10-2-1-9(7-11(10)15)13(18)17-5-3-8(4-6-17)12(16)19/h1-2,7-8H,3-6H2,(H2,16,19). The number of hydrogen-bond donors (Lipinski definition) is 1. The van der Waals surface area contributed by atoms with Gasteiger partial charge in [-0.25, -0.2) is 4.39 Å². The third kappa shape index (κ3) is 3.30. The quantitative estimate of drug-likeness (QED) is 0.839. The normalized spacial score (nSPS) is 16.4. The average Bonchev–Trinajstić information content (AvgIpc) is 2.41. The van der Waals surface area contributed by atoms with Crippen molar-refractivity contribution in [3.8, 4) is 0 Å². The van der Waals surface area contributed by atoms with Gasteiger partial charge in [0.1, 0.15) is 5.82 Å². The second-order valence-corrected chi connectivity index (χ2v) is 5.92. The lowest BCUT2D eigenvalue weighted by Crippen LogP contribution is -2.41. The fourth-order valence-electron chi connectivity index (χ4n) is 2.18. The summed E-state index contributed by atoms with van der Waals surface area (Å²) in [4.78, 5) is 14.5. The van der Waals surface area contributed by atoms with Gasteiger partial charge in [-0.2, -0.15) is 0 Å². The maximum absolute atomic E-state index is 13.4. The van der Waals surface area contributed by atoms with Crippen LogP contribution in [0.1, 0.15) is 23.2 Å². The molecule has 0 aromatic heterocycles. The molecule has 1 saturated heterocycles. The van der Waals surface area contributed by atoms with Crippen molar-refractivity contribution in [3.63, 3.8) is 0 Å². The molecular formula is C13H14BrFN2OS. The van der Waals surface area contributed by atoms with Crippen LogP contribution in [0.25, 0.3) is 0 Å². The number of rotatable bonds is 2. The van der Waals surface area contributed by atoms with E-state index in [0.717, 1.165) is 12.8 Å². The molecule has 19 heavy (non-hydrogen) atoms. The highest BCUT2D eigenvalue weighted by Crippen LogP contribution is 2.21. The third-order valence-corrected chi connectivity index (χ3v) is 4.33. The molecule has 1 aromatic rings. The smallest absolute Gasteiger partial charge is 0.253 e. The molecule has 0 aliphatic carbocycles. The summed E-state index contributed by atoms with van der Waals surface area (Å²) in [5.74, 6) is -0.364. The van der Waals surface area contributed by atoms with Crippen LogP contribution in [0.15, 0.2) is 22.7 Å². The lowest BCUT2D eigenvalue weighted by Gasteiger charge is -2.31. The molecular weight excluding hydrogens is 331 g/mol. The number of carbonyl (C=O) groups excluding carboxylic acids is 1. The van der Waals surface area contributed by atoms with Gasteiger partial charge in [0.2, 0.25) is 0 Å². The number of likely N-dealkylation sites (tertiary alicyclic amines) is 1. The highest BCUT2D eigenvalue weighted by molar-refractivity contribution is 9.10. The Balaban J connectivity index is 2.05. The molecule has 1 amide bonds. The Hall–Kier alpha value is -1.01. The highest BCUT2D eigenvalue weighted by Gasteiger charge is 2.25. The Kier molecular flexibility index (Phi) is 4.52. The molecule has 102 valence electrons. The van der Waals surface area contributed by atoms with E-state index in [0.29, 0.717) is 28.1 Å². The molecule has 1 heterocycles. The first-order valence-electron chi connectivity index (χ1n) is 6.02. The van der Waals surface area contributed by atoms with Crippen LogP contribution >= 0.6 is 28.1 Å². The summed E-state index contributed by atoms with van der Waals surface area (Å²) in [5, 5.41) is 0. The van der Waals surface area contributed by atoms with Crippen molar-refractivity contribution < 1.29 is 9.18 Å². The number of piperidine rings is 1. The first-order valence-corrected chi connectivity index (χ1v) is 7.23. The molecule has 0 unspecified atom stereocenters. The minimum Gasteiger partial charge on any atom is -0.393 e. The van der Waals surface area contributed by atoms with E-state index in [1.54, 1.807) is 17.0 Å². The molecule has 2 rings (SSSR count). The topological polar surface area (TPSA) is 46.3 Å². The Bertz CT molecular complexity index is 515. The number of nitrogens with zero attached hydrogens (tertiary/aromatic N) is 1. The van der Waals surface area contributed by atoms with Gasteiger partial charge >= 0.3 is 0 Å². The van der Waals surface area contributed by atoms with Gasteiger partial charge in [-0.15, -0.1) is 0 Å². The van der Waals surface area contributed by atoms with Crippen molar-refractivity contribution in [2.45, 2.75) is 12.8 Å². The van der Waals surface area contributed by atoms with Crippen LogP contribution in [0.3, 0.4) is 0 Å². The Morgan fingerprint density at radius 1 is 1.42 bits per heavy atom. The fraction of sp³-hybridized carbons (Fsp3) is 0.385. The van der Waals surface area contributed by atoms with E-state index in [2.05, 4.69) is 15.9 Å². The molecule has 2 N–H and O–H groups in total. The second kappa shape index (κ2) is 5.96. The molecule has 0 bridgehead atoms. The van der Waals surface area contributed by atoms with Gasteiger partial charge in [-0.05, 0) is 47.0 Å². The van der Waals surface area contributed by atoms with Crippen molar-refractivity contribution in [3.05, 3.63) is 34.1 Å².